The summed E-state index contributed by atoms with van der Waals surface area (Å²) >= 11 is 3.50. The first-order valence-corrected chi connectivity index (χ1v) is 11.2. The molecular weight excluding hydrogens is 376 g/mol. The summed E-state index contributed by atoms with van der Waals surface area (Å²) in [6, 6.07) is 14.9. The first-order chi connectivity index (χ1) is 13.2. The summed E-state index contributed by atoms with van der Waals surface area (Å²) in [5, 5.41) is 2.28. The smallest absolute Gasteiger partial charge is 0.415 e. The summed E-state index contributed by atoms with van der Waals surface area (Å²) in [7, 11) is 0. The van der Waals surface area contributed by atoms with Gasteiger partial charge in [0.05, 0.1) is 6.54 Å². The molecule has 0 aliphatic carbocycles. The Morgan fingerprint density at radius 1 is 1.00 bits per heavy atom. The van der Waals surface area contributed by atoms with Gasteiger partial charge in [-0.15, -0.1) is 22.7 Å². The van der Waals surface area contributed by atoms with Crippen molar-refractivity contribution in [3.63, 3.8) is 0 Å². The molecule has 3 aromatic rings. The summed E-state index contributed by atoms with van der Waals surface area (Å²) in [5.74, 6) is 0.512. The molecule has 2 bridgehead atoms. The van der Waals surface area contributed by atoms with Crippen LogP contribution in [0.4, 0.5) is 9.80 Å². The van der Waals surface area contributed by atoms with Crippen LogP contribution in [-0.2, 0) is 4.74 Å². The molecule has 6 heteroatoms. The normalized spacial score (nSPS) is 29.8. The summed E-state index contributed by atoms with van der Waals surface area (Å²) < 4.78 is 7.31. The predicted molar refractivity (Wildman–Crippen MR) is 111 cm³/mol. The van der Waals surface area contributed by atoms with E-state index >= 15 is 0 Å². The van der Waals surface area contributed by atoms with Crippen molar-refractivity contribution in [2.24, 2.45) is 5.92 Å². The summed E-state index contributed by atoms with van der Waals surface area (Å²) in [5.41, 5.74) is -0.296. The van der Waals surface area contributed by atoms with Crippen LogP contribution in [0.25, 0.3) is 19.8 Å². The molecular formula is C21H20N2O2S2. The first-order valence-electron chi connectivity index (χ1n) is 9.52. The Hall–Kier alpha value is -1.89. The van der Waals surface area contributed by atoms with Gasteiger partial charge in [0.25, 0.3) is 0 Å². The third-order valence-corrected chi connectivity index (χ3v) is 8.71. The van der Waals surface area contributed by atoms with Gasteiger partial charge in [-0.25, -0.2) is 4.79 Å². The number of nitrogens with zero attached hydrogens (tertiary/aromatic N) is 2. The van der Waals surface area contributed by atoms with Crippen LogP contribution >= 0.6 is 22.7 Å². The average Bonchev–Trinajstić information content (AvgIpc) is 3.39. The van der Waals surface area contributed by atoms with Crippen LogP contribution in [0.1, 0.15) is 12.8 Å². The number of anilines is 1. The van der Waals surface area contributed by atoms with Crippen molar-refractivity contribution in [1.29, 1.82) is 0 Å². The highest BCUT2D eigenvalue weighted by molar-refractivity contribution is 7.27. The molecule has 4 aliphatic rings. The van der Waals surface area contributed by atoms with E-state index in [0.717, 1.165) is 37.5 Å². The molecule has 1 amide bonds. The maximum Gasteiger partial charge on any atom is 0.415 e. The lowest BCUT2D eigenvalue weighted by atomic mass is 9.75. The highest BCUT2D eigenvalue weighted by Crippen LogP contribution is 2.46. The van der Waals surface area contributed by atoms with Crippen molar-refractivity contribution in [2.75, 3.05) is 31.1 Å². The van der Waals surface area contributed by atoms with Crippen LogP contribution in [0.15, 0.2) is 42.5 Å². The number of ether oxygens (including phenoxy) is 1. The monoisotopic (exact) mass is 396 g/mol. The van der Waals surface area contributed by atoms with Crippen LogP contribution in [0.2, 0.25) is 0 Å². The minimum atomic E-state index is -0.296. The highest BCUT2D eigenvalue weighted by atomic mass is 32.1. The Kier molecular flexibility index (Phi) is 3.46. The van der Waals surface area contributed by atoms with E-state index in [0.29, 0.717) is 12.5 Å². The fourth-order valence-electron chi connectivity index (χ4n) is 4.89. The van der Waals surface area contributed by atoms with E-state index in [2.05, 4.69) is 47.4 Å². The quantitative estimate of drug-likeness (QED) is 0.608. The van der Waals surface area contributed by atoms with Crippen LogP contribution in [0.3, 0.4) is 0 Å². The lowest BCUT2D eigenvalue weighted by molar-refractivity contribution is -0.0881. The molecule has 1 atom stereocenters. The van der Waals surface area contributed by atoms with Gasteiger partial charge in [-0.1, -0.05) is 18.2 Å². The van der Waals surface area contributed by atoms with Crippen molar-refractivity contribution >= 4 is 43.9 Å². The van der Waals surface area contributed by atoms with Crippen LogP contribution in [0, 0.1) is 5.92 Å². The van der Waals surface area contributed by atoms with Gasteiger partial charge < -0.3 is 4.74 Å². The van der Waals surface area contributed by atoms with Gasteiger partial charge in [0.2, 0.25) is 0 Å². The van der Waals surface area contributed by atoms with Crippen molar-refractivity contribution < 1.29 is 9.53 Å². The Morgan fingerprint density at radius 2 is 1.85 bits per heavy atom. The Morgan fingerprint density at radius 3 is 2.63 bits per heavy atom. The van der Waals surface area contributed by atoms with Crippen LogP contribution in [-0.4, -0.2) is 42.8 Å². The van der Waals surface area contributed by atoms with Gasteiger partial charge >= 0.3 is 6.09 Å². The van der Waals surface area contributed by atoms with Gasteiger partial charge in [0.1, 0.15) is 10.6 Å². The fourth-order valence-corrected chi connectivity index (χ4v) is 7.03. The molecule has 0 radical (unpaired) electrons. The molecule has 4 fully saturated rings. The molecule has 4 aliphatic heterocycles. The van der Waals surface area contributed by atoms with Crippen molar-refractivity contribution in [3.8, 4) is 9.75 Å². The van der Waals surface area contributed by atoms with E-state index in [1.807, 2.05) is 16.2 Å². The third kappa shape index (κ3) is 2.47. The molecule has 7 rings (SSSR count). The Bertz CT molecular complexity index is 1000. The second kappa shape index (κ2) is 5.80. The lowest BCUT2D eigenvalue weighted by Gasteiger charge is -2.49. The number of rotatable bonds is 2. The van der Waals surface area contributed by atoms with Crippen LogP contribution in [0.5, 0.6) is 0 Å². The van der Waals surface area contributed by atoms with Crippen LogP contribution < -0.4 is 4.90 Å². The Balaban J connectivity index is 1.30. The zero-order chi connectivity index (χ0) is 18.0. The number of fused-ring (bicyclic) bond motifs is 3. The number of benzene rings is 1. The maximum absolute atomic E-state index is 12.7. The van der Waals surface area contributed by atoms with Crippen molar-refractivity contribution in [2.45, 2.75) is 18.4 Å². The van der Waals surface area contributed by atoms with Gasteiger partial charge in [0, 0.05) is 26.9 Å². The highest BCUT2D eigenvalue weighted by Gasteiger charge is 2.55. The topological polar surface area (TPSA) is 32.8 Å². The molecule has 0 saturated carbocycles. The first kappa shape index (κ1) is 16.1. The second-order valence-electron chi connectivity index (χ2n) is 7.86. The van der Waals surface area contributed by atoms with Crippen molar-refractivity contribution in [3.05, 3.63) is 42.5 Å². The average molecular weight is 397 g/mol. The molecule has 138 valence electrons. The zero-order valence-corrected chi connectivity index (χ0v) is 16.5. The maximum atomic E-state index is 12.7. The molecule has 4 saturated heterocycles. The lowest BCUT2D eigenvalue weighted by Crippen LogP contribution is -2.61. The number of carbonyl (C=O) groups excluding carboxylic acids is 1. The molecule has 1 unspecified atom stereocenters. The summed E-state index contributed by atoms with van der Waals surface area (Å²) in [4.78, 5) is 19.5. The number of piperidine rings is 3. The Labute approximate surface area is 166 Å². The van der Waals surface area contributed by atoms with E-state index < -0.39 is 0 Å². The van der Waals surface area contributed by atoms with Gasteiger partial charge in [-0.3, -0.25) is 9.80 Å². The van der Waals surface area contributed by atoms with Gasteiger partial charge in [-0.05, 0) is 55.6 Å². The summed E-state index contributed by atoms with van der Waals surface area (Å²) in [6.45, 7) is 3.89. The van der Waals surface area contributed by atoms with E-state index in [-0.39, 0.29) is 11.7 Å². The van der Waals surface area contributed by atoms with E-state index in [9.17, 15) is 4.79 Å². The number of carbonyl (C=O) groups is 1. The molecule has 0 N–H and O–H groups in total. The zero-order valence-electron chi connectivity index (χ0n) is 14.9. The van der Waals surface area contributed by atoms with E-state index in [1.54, 1.807) is 11.3 Å². The number of thiophene rings is 2. The molecule has 1 aromatic carbocycles. The predicted octanol–water partition coefficient (Wildman–Crippen LogP) is 5.05. The second-order valence-corrected chi connectivity index (χ2v) is 10.0. The van der Waals surface area contributed by atoms with E-state index in [4.69, 9.17) is 4.74 Å². The number of hydrogen-bond donors (Lipinski definition) is 0. The van der Waals surface area contributed by atoms with E-state index in [1.165, 1.54) is 19.8 Å². The SMILES string of the molecule is O=C1OC2(CN3CCC2CC3)CN1c1ccc(-c2cc3ccccc3s2)s1. The van der Waals surface area contributed by atoms with Gasteiger partial charge in [-0.2, -0.15) is 0 Å². The molecule has 2 aromatic heterocycles. The molecule has 6 heterocycles. The number of amides is 1. The minimum Gasteiger partial charge on any atom is -0.439 e. The standard InChI is InChI=1S/C21H20N2O2S2/c24-20-23(13-21(25-20)12-22-9-7-15(21)8-10-22)19-6-5-17(27-19)18-11-14-3-1-2-4-16(14)26-18/h1-6,11,15H,7-10,12-13H2. The van der Waals surface area contributed by atoms with Gasteiger partial charge in [0.15, 0.2) is 0 Å². The van der Waals surface area contributed by atoms with Crippen molar-refractivity contribution in [1.82, 2.24) is 4.90 Å². The number of hydrogen-bond acceptors (Lipinski definition) is 5. The largest absolute Gasteiger partial charge is 0.439 e. The molecule has 4 nitrogen and oxygen atoms in total. The summed E-state index contributed by atoms with van der Waals surface area (Å²) in [6.07, 6.45) is 2.13. The third-order valence-electron chi connectivity index (χ3n) is 6.29. The molecule has 27 heavy (non-hydrogen) atoms. The fraction of sp³-hybridized carbons (Fsp3) is 0.381. The minimum absolute atomic E-state index is 0.173. The molecule has 1 spiro atoms.